The van der Waals surface area contributed by atoms with Crippen molar-refractivity contribution in [2.45, 2.75) is 27.7 Å². The van der Waals surface area contributed by atoms with Crippen LogP contribution < -0.4 is 11.1 Å². The summed E-state index contributed by atoms with van der Waals surface area (Å²) >= 11 is 0. The number of nitrogens with zero attached hydrogens (tertiary/aromatic N) is 1. The van der Waals surface area contributed by atoms with E-state index in [0.717, 1.165) is 13.1 Å². The third-order valence-corrected chi connectivity index (χ3v) is 2.68. The minimum atomic E-state index is 0.0827. The Bertz CT molecular complexity index is 180. The van der Waals surface area contributed by atoms with E-state index in [9.17, 15) is 0 Å². The smallest absolute Gasteiger partial charge is 0.143 e. The van der Waals surface area contributed by atoms with Gasteiger partial charge in [0.2, 0.25) is 0 Å². The Balaban J connectivity index is 3.64. The van der Waals surface area contributed by atoms with Crippen LogP contribution in [0.5, 0.6) is 0 Å². The van der Waals surface area contributed by atoms with Gasteiger partial charge in [0.05, 0.1) is 0 Å². The summed E-state index contributed by atoms with van der Waals surface area (Å²) in [6.07, 6.45) is 0. The van der Waals surface area contributed by atoms with E-state index in [-0.39, 0.29) is 11.8 Å². The third kappa shape index (κ3) is 5.07. The zero-order chi connectivity index (χ0) is 11.1. The van der Waals surface area contributed by atoms with Crippen molar-refractivity contribution in [1.29, 1.82) is 0 Å². The lowest BCUT2D eigenvalue weighted by Crippen LogP contribution is -2.34. The fourth-order valence-corrected chi connectivity index (χ4v) is 0.966. The molecule has 0 radical (unpaired) electrons. The Morgan fingerprint density at radius 3 is 2.29 bits per heavy atom. The average Bonchev–Trinajstić information content (AvgIpc) is 2.15. The summed E-state index contributed by atoms with van der Waals surface area (Å²) < 4.78 is 0. The summed E-state index contributed by atoms with van der Waals surface area (Å²) in [5.74, 6) is 1.70. The van der Waals surface area contributed by atoms with Gasteiger partial charge in [-0.05, 0) is 18.4 Å². The fourth-order valence-electron chi connectivity index (χ4n) is 0.966. The standard InChI is InChI=1S/C10H23N3O/c1-7(2)8(3)5-12-6-9(4)10(11)13-14/h7-9,12,14H,5-6H2,1-4H3,(H2,11,13). The van der Waals surface area contributed by atoms with E-state index in [1.54, 1.807) is 0 Å². The highest BCUT2D eigenvalue weighted by Gasteiger charge is 2.09. The lowest BCUT2D eigenvalue weighted by Gasteiger charge is -2.17. The molecule has 2 atom stereocenters. The van der Waals surface area contributed by atoms with Gasteiger partial charge in [0, 0.05) is 12.5 Å². The van der Waals surface area contributed by atoms with Gasteiger partial charge in [-0.25, -0.2) is 0 Å². The lowest BCUT2D eigenvalue weighted by molar-refractivity contribution is 0.313. The molecule has 4 heteroatoms. The van der Waals surface area contributed by atoms with E-state index < -0.39 is 0 Å². The number of oxime groups is 1. The molecule has 0 saturated carbocycles. The third-order valence-electron chi connectivity index (χ3n) is 2.68. The van der Waals surface area contributed by atoms with Crippen LogP contribution in [0, 0.1) is 17.8 Å². The molecule has 0 fully saturated rings. The molecule has 14 heavy (non-hydrogen) atoms. The minimum Gasteiger partial charge on any atom is -0.409 e. The monoisotopic (exact) mass is 201 g/mol. The van der Waals surface area contributed by atoms with E-state index in [2.05, 4.69) is 31.2 Å². The van der Waals surface area contributed by atoms with Crippen molar-refractivity contribution in [3.8, 4) is 0 Å². The summed E-state index contributed by atoms with van der Waals surface area (Å²) in [6.45, 7) is 10.3. The van der Waals surface area contributed by atoms with E-state index >= 15 is 0 Å². The number of rotatable bonds is 6. The number of amidine groups is 1. The lowest BCUT2D eigenvalue weighted by atomic mass is 9.98. The van der Waals surface area contributed by atoms with Gasteiger partial charge in [-0.1, -0.05) is 32.9 Å². The van der Waals surface area contributed by atoms with Crippen molar-refractivity contribution in [3.63, 3.8) is 0 Å². The van der Waals surface area contributed by atoms with Crippen LogP contribution in [0.15, 0.2) is 5.16 Å². The summed E-state index contributed by atoms with van der Waals surface area (Å²) in [6, 6.07) is 0. The summed E-state index contributed by atoms with van der Waals surface area (Å²) in [5, 5.41) is 14.7. The normalized spacial score (nSPS) is 17.1. The van der Waals surface area contributed by atoms with Crippen LogP contribution in [0.4, 0.5) is 0 Å². The molecule has 0 bridgehead atoms. The molecule has 4 N–H and O–H groups in total. The Hall–Kier alpha value is -0.770. The second kappa shape index (κ2) is 6.65. The molecule has 0 aliphatic heterocycles. The number of nitrogens with two attached hydrogens (primary N) is 1. The first-order valence-corrected chi connectivity index (χ1v) is 5.17. The maximum Gasteiger partial charge on any atom is 0.143 e. The summed E-state index contributed by atoms with van der Waals surface area (Å²) in [4.78, 5) is 0. The molecule has 0 saturated heterocycles. The predicted octanol–water partition coefficient (Wildman–Crippen LogP) is 1.25. The molecule has 2 unspecified atom stereocenters. The molecule has 4 nitrogen and oxygen atoms in total. The van der Waals surface area contributed by atoms with Gasteiger partial charge in [-0.15, -0.1) is 0 Å². The largest absolute Gasteiger partial charge is 0.409 e. The van der Waals surface area contributed by atoms with E-state index in [1.807, 2.05) is 6.92 Å². The molecule has 0 aromatic rings. The van der Waals surface area contributed by atoms with Crippen molar-refractivity contribution in [3.05, 3.63) is 0 Å². The van der Waals surface area contributed by atoms with Gasteiger partial charge >= 0.3 is 0 Å². The van der Waals surface area contributed by atoms with Gasteiger partial charge in [0.25, 0.3) is 0 Å². The maximum absolute atomic E-state index is 8.44. The topological polar surface area (TPSA) is 70.6 Å². The Labute approximate surface area is 86.6 Å². The molecule has 0 spiro atoms. The van der Waals surface area contributed by atoms with Crippen molar-refractivity contribution in [2.24, 2.45) is 28.6 Å². The molecule has 0 aromatic heterocycles. The van der Waals surface area contributed by atoms with Gasteiger partial charge in [-0.2, -0.15) is 0 Å². The first kappa shape index (κ1) is 13.2. The van der Waals surface area contributed by atoms with Crippen LogP contribution in [0.25, 0.3) is 0 Å². The molecular formula is C10H23N3O. The molecule has 84 valence electrons. The Morgan fingerprint density at radius 1 is 1.29 bits per heavy atom. The Kier molecular flexibility index (Phi) is 6.28. The maximum atomic E-state index is 8.44. The second-order valence-electron chi connectivity index (χ2n) is 4.31. The summed E-state index contributed by atoms with van der Waals surface area (Å²) in [7, 11) is 0. The molecular weight excluding hydrogens is 178 g/mol. The molecule has 0 rings (SSSR count). The van der Waals surface area contributed by atoms with Crippen LogP contribution in [0.1, 0.15) is 27.7 Å². The van der Waals surface area contributed by atoms with Crippen molar-refractivity contribution >= 4 is 5.84 Å². The van der Waals surface area contributed by atoms with Crippen LogP contribution >= 0.6 is 0 Å². The summed E-state index contributed by atoms with van der Waals surface area (Å²) in [5.41, 5.74) is 5.45. The highest BCUT2D eigenvalue weighted by Crippen LogP contribution is 2.07. The van der Waals surface area contributed by atoms with E-state index in [0.29, 0.717) is 11.8 Å². The van der Waals surface area contributed by atoms with Crippen molar-refractivity contribution in [1.82, 2.24) is 5.32 Å². The molecule has 0 amide bonds. The second-order valence-corrected chi connectivity index (χ2v) is 4.31. The minimum absolute atomic E-state index is 0.0827. The molecule has 0 aliphatic carbocycles. The first-order valence-electron chi connectivity index (χ1n) is 5.17. The van der Waals surface area contributed by atoms with Gasteiger partial charge < -0.3 is 16.3 Å². The highest BCUT2D eigenvalue weighted by molar-refractivity contribution is 5.82. The van der Waals surface area contributed by atoms with E-state index in [4.69, 9.17) is 10.9 Å². The van der Waals surface area contributed by atoms with Crippen LogP contribution in [0.3, 0.4) is 0 Å². The quantitative estimate of drug-likeness (QED) is 0.262. The van der Waals surface area contributed by atoms with Crippen molar-refractivity contribution in [2.75, 3.05) is 13.1 Å². The first-order chi connectivity index (χ1) is 6.49. The van der Waals surface area contributed by atoms with Gasteiger partial charge in [-0.3, -0.25) is 0 Å². The van der Waals surface area contributed by atoms with Crippen LogP contribution in [0.2, 0.25) is 0 Å². The predicted molar refractivity (Wildman–Crippen MR) is 59.4 cm³/mol. The zero-order valence-corrected chi connectivity index (χ0v) is 9.62. The fraction of sp³-hybridized carbons (Fsp3) is 0.900. The molecule has 0 aromatic carbocycles. The SMILES string of the molecule is CC(CNCC(C)C(C)C)C(N)=NO. The van der Waals surface area contributed by atoms with Gasteiger partial charge in [0.15, 0.2) is 0 Å². The highest BCUT2D eigenvalue weighted by atomic mass is 16.4. The molecule has 0 aliphatic rings. The van der Waals surface area contributed by atoms with Gasteiger partial charge in [0.1, 0.15) is 5.84 Å². The van der Waals surface area contributed by atoms with E-state index in [1.165, 1.54) is 0 Å². The molecule has 0 heterocycles. The van der Waals surface area contributed by atoms with Crippen LogP contribution in [-0.4, -0.2) is 24.1 Å². The number of nitrogens with one attached hydrogen (secondary N) is 1. The van der Waals surface area contributed by atoms with Crippen LogP contribution in [-0.2, 0) is 0 Å². The van der Waals surface area contributed by atoms with Crippen molar-refractivity contribution < 1.29 is 5.21 Å². The zero-order valence-electron chi connectivity index (χ0n) is 9.62. The average molecular weight is 201 g/mol. The number of hydrogen-bond donors (Lipinski definition) is 3. The Morgan fingerprint density at radius 2 is 1.86 bits per heavy atom. The number of hydrogen-bond acceptors (Lipinski definition) is 3.